The number of amides is 2. The number of primary amides is 1. The highest BCUT2D eigenvalue weighted by molar-refractivity contribution is 8.00. The van der Waals surface area contributed by atoms with E-state index in [0.29, 0.717) is 5.75 Å². The van der Waals surface area contributed by atoms with Crippen LogP contribution in [0.5, 0.6) is 0 Å². The Morgan fingerprint density at radius 2 is 1.81 bits per heavy atom. The molecule has 1 aliphatic heterocycles. The summed E-state index contributed by atoms with van der Waals surface area (Å²) in [5.74, 6) is 0.237. The van der Waals surface area contributed by atoms with Gasteiger partial charge in [0.1, 0.15) is 0 Å². The fourth-order valence-electron chi connectivity index (χ4n) is 2.23. The first-order chi connectivity index (χ1) is 10.1. The maximum Gasteiger partial charge on any atom is 0.232 e. The Morgan fingerprint density at radius 1 is 1.14 bits per heavy atom. The third kappa shape index (κ3) is 5.35. The SMILES string of the molecule is NC(=O)CSCC(=O)N1CCN(Cc2ccncc2)CC1. The first kappa shape index (κ1) is 15.8. The molecule has 0 saturated carbocycles. The molecule has 0 bridgehead atoms. The molecule has 0 aliphatic carbocycles. The molecule has 1 aromatic heterocycles. The van der Waals surface area contributed by atoms with Crippen molar-refractivity contribution in [1.82, 2.24) is 14.8 Å². The molecule has 0 radical (unpaired) electrons. The highest BCUT2D eigenvalue weighted by Crippen LogP contribution is 2.09. The van der Waals surface area contributed by atoms with E-state index in [0.717, 1.165) is 32.7 Å². The summed E-state index contributed by atoms with van der Waals surface area (Å²) >= 11 is 1.28. The van der Waals surface area contributed by atoms with E-state index in [4.69, 9.17) is 5.73 Å². The number of rotatable bonds is 6. The van der Waals surface area contributed by atoms with Gasteiger partial charge < -0.3 is 10.6 Å². The van der Waals surface area contributed by atoms with Crippen LogP contribution in [0.2, 0.25) is 0 Å². The number of aromatic nitrogens is 1. The van der Waals surface area contributed by atoms with Crippen LogP contribution in [-0.4, -0.2) is 64.3 Å². The second kappa shape index (κ2) is 7.99. The van der Waals surface area contributed by atoms with Gasteiger partial charge in [0.05, 0.1) is 11.5 Å². The molecule has 6 nitrogen and oxygen atoms in total. The van der Waals surface area contributed by atoms with Gasteiger partial charge in [-0.05, 0) is 17.7 Å². The zero-order chi connectivity index (χ0) is 15.1. The van der Waals surface area contributed by atoms with Crippen LogP contribution in [0, 0.1) is 0 Å². The molecule has 1 fully saturated rings. The Bertz CT molecular complexity index is 475. The number of carbonyl (C=O) groups is 2. The number of thioether (sulfide) groups is 1. The standard InChI is InChI=1S/C14H20N4O2S/c15-13(19)10-21-11-14(20)18-7-5-17(6-8-18)9-12-1-3-16-4-2-12/h1-4H,5-11H2,(H2,15,19). The molecule has 1 aliphatic rings. The highest BCUT2D eigenvalue weighted by atomic mass is 32.2. The largest absolute Gasteiger partial charge is 0.369 e. The summed E-state index contributed by atoms with van der Waals surface area (Å²) in [5.41, 5.74) is 6.29. The maximum atomic E-state index is 12.0. The quantitative estimate of drug-likeness (QED) is 0.797. The summed E-state index contributed by atoms with van der Waals surface area (Å²) in [6.45, 7) is 4.10. The first-order valence-electron chi connectivity index (χ1n) is 6.90. The molecule has 2 heterocycles. The number of carbonyl (C=O) groups excluding carboxylic acids is 2. The molecule has 21 heavy (non-hydrogen) atoms. The van der Waals surface area contributed by atoms with Gasteiger partial charge in [0.15, 0.2) is 0 Å². The Morgan fingerprint density at radius 3 is 2.43 bits per heavy atom. The van der Waals surface area contributed by atoms with Gasteiger partial charge in [-0.3, -0.25) is 19.5 Å². The van der Waals surface area contributed by atoms with Crippen molar-refractivity contribution in [2.75, 3.05) is 37.7 Å². The molecule has 1 aromatic rings. The number of pyridine rings is 1. The number of nitrogens with zero attached hydrogens (tertiary/aromatic N) is 3. The van der Waals surface area contributed by atoms with Gasteiger partial charge in [0, 0.05) is 45.1 Å². The van der Waals surface area contributed by atoms with Crippen molar-refractivity contribution in [3.05, 3.63) is 30.1 Å². The lowest BCUT2D eigenvalue weighted by atomic mass is 10.2. The van der Waals surface area contributed by atoms with Crippen molar-refractivity contribution in [3.8, 4) is 0 Å². The van der Waals surface area contributed by atoms with Gasteiger partial charge in [0.2, 0.25) is 11.8 Å². The fraction of sp³-hybridized carbons (Fsp3) is 0.500. The zero-order valence-electron chi connectivity index (χ0n) is 11.9. The molecule has 2 N–H and O–H groups in total. The number of hydrogen-bond donors (Lipinski definition) is 1. The molecule has 0 aromatic carbocycles. The summed E-state index contributed by atoms with van der Waals surface area (Å²) < 4.78 is 0. The van der Waals surface area contributed by atoms with Crippen molar-refractivity contribution in [2.45, 2.75) is 6.54 Å². The van der Waals surface area contributed by atoms with Crippen LogP contribution in [0.3, 0.4) is 0 Å². The normalized spacial score (nSPS) is 15.9. The predicted molar refractivity (Wildman–Crippen MR) is 82.6 cm³/mol. The third-order valence-electron chi connectivity index (χ3n) is 3.35. The minimum atomic E-state index is -0.380. The Kier molecular flexibility index (Phi) is 6.01. The van der Waals surface area contributed by atoms with Crippen molar-refractivity contribution >= 4 is 23.6 Å². The van der Waals surface area contributed by atoms with E-state index in [9.17, 15) is 9.59 Å². The van der Waals surface area contributed by atoms with Crippen LogP contribution >= 0.6 is 11.8 Å². The van der Waals surface area contributed by atoms with E-state index in [1.807, 2.05) is 17.0 Å². The molecule has 2 rings (SSSR count). The highest BCUT2D eigenvalue weighted by Gasteiger charge is 2.20. The zero-order valence-corrected chi connectivity index (χ0v) is 12.7. The summed E-state index contributed by atoms with van der Waals surface area (Å²) in [7, 11) is 0. The smallest absolute Gasteiger partial charge is 0.232 e. The van der Waals surface area contributed by atoms with Crippen molar-refractivity contribution in [2.24, 2.45) is 5.73 Å². The molecule has 2 amide bonds. The van der Waals surface area contributed by atoms with Gasteiger partial charge in [0.25, 0.3) is 0 Å². The van der Waals surface area contributed by atoms with E-state index >= 15 is 0 Å². The van der Waals surface area contributed by atoms with E-state index in [1.165, 1.54) is 17.3 Å². The Balaban J connectivity index is 1.70. The molecule has 7 heteroatoms. The van der Waals surface area contributed by atoms with Crippen molar-refractivity contribution in [3.63, 3.8) is 0 Å². The molecule has 0 unspecified atom stereocenters. The molecular weight excluding hydrogens is 288 g/mol. The molecule has 1 saturated heterocycles. The molecule has 114 valence electrons. The van der Waals surface area contributed by atoms with Crippen molar-refractivity contribution < 1.29 is 9.59 Å². The van der Waals surface area contributed by atoms with E-state index < -0.39 is 0 Å². The summed E-state index contributed by atoms with van der Waals surface area (Å²) in [6, 6.07) is 4.02. The van der Waals surface area contributed by atoms with E-state index in [-0.39, 0.29) is 17.6 Å². The Hall–Kier alpha value is -1.60. The summed E-state index contributed by atoms with van der Waals surface area (Å²) in [4.78, 5) is 30.8. The van der Waals surface area contributed by atoms with Crippen LogP contribution < -0.4 is 5.73 Å². The number of nitrogens with two attached hydrogens (primary N) is 1. The average Bonchev–Trinajstić information content (AvgIpc) is 2.48. The minimum absolute atomic E-state index is 0.0878. The van der Waals surface area contributed by atoms with Gasteiger partial charge >= 0.3 is 0 Å². The topological polar surface area (TPSA) is 79.5 Å². The van der Waals surface area contributed by atoms with Crippen molar-refractivity contribution in [1.29, 1.82) is 0 Å². The predicted octanol–water partition coefficient (Wildman–Crippen LogP) is -0.0557. The van der Waals surface area contributed by atoms with Gasteiger partial charge in [-0.1, -0.05) is 0 Å². The fourth-order valence-corrected chi connectivity index (χ4v) is 2.89. The summed E-state index contributed by atoms with van der Waals surface area (Å²) in [6.07, 6.45) is 3.59. The monoisotopic (exact) mass is 308 g/mol. The minimum Gasteiger partial charge on any atom is -0.369 e. The second-order valence-electron chi connectivity index (χ2n) is 4.97. The number of piperazine rings is 1. The van der Waals surface area contributed by atoms with Crippen LogP contribution in [0.1, 0.15) is 5.56 Å². The van der Waals surface area contributed by atoms with Gasteiger partial charge in [-0.2, -0.15) is 0 Å². The second-order valence-corrected chi connectivity index (χ2v) is 5.96. The number of hydrogen-bond acceptors (Lipinski definition) is 5. The average molecular weight is 308 g/mol. The molecular formula is C14H20N4O2S. The Labute approximate surface area is 128 Å². The molecule has 0 spiro atoms. The van der Waals surface area contributed by atoms with Crippen LogP contribution in [0.25, 0.3) is 0 Å². The summed E-state index contributed by atoms with van der Waals surface area (Å²) in [5, 5.41) is 0. The van der Waals surface area contributed by atoms with E-state index in [2.05, 4.69) is 9.88 Å². The maximum absolute atomic E-state index is 12.0. The van der Waals surface area contributed by atoms with Gasteiger partial charge in [-0.25, -0.2) is 0 Å². The third-order valence-corrected chi connectivity index (χ3v) is 4.29. The molecule has 0 atom stereocenters. The van der Waals surface area contributed by atoms with Crippen LogP contribution in [-0.2, 0) is 16.1 Å². The first-order valence-corrected chi connectivity index (χ1v) is 8.05. The lowest BCUT2D eigenvalue weighted by Crippen LogP contribution is -2.48. The lowest BCUT2D eigenvalue weighted by molar-refractivity contribution is -0.130. The van der Waals surface area contributed by atoms with Crippen LogP contribution in [0.15, 0.2) is 24.5 Å². The van der Waals surface area contributed by atoms with Crippen LogP contribution in [0.4, 0.5) is 0 Å². The lowest BCUT2D eigenvalue weighted by Gasteiger charge is -2.34. The van der Waals surface area contributed by atoms with E-state index in [1.54, 1.807) is 12.4 Å². The van der Waals surface area contributed by atoms with Gasteiger partial charge in [-0.15, -0.1) is 11.8 Å².